The second-order valence-corrected chi connectivity index (χ2v) is 9.86. The highest BCUT2D eigenvalue weighted by atomic mass is 31.2. The molecule has 0 aromatic rings. The number of phosphoric acid groups is 1. The first kappa shape index (κ1) is 34.5. The molecule has 0 fully saturated rings. The average molecular weight is 530 g/mol. The third-order valence-corrected chi connectivity index (χ3v) is 5.93. The molecule has 36 heavy (non-hydrogen) atoms. The zero-order valence-corrected chi connectivity index (χ0v) is 22.9. The Morgan fingerprint density at radius 1 is 0.833 bits per heavy atom. The summed E-state index contributed by atoms with van der Waals surface area (Å²) in [4.78, 5) is 21.0. The lowest BCUT2D eigenvalue weighted by Gasteiger charge is -2.15. The smallest absolute Gasteiger partial charge is 0.463 e. The lowest BCUT2D eigenvalue weighted by molar-refractivity contribution is -0.147. The Labute approximate surface area is 217 Å². The van der Waals surface area contributed by atoms with E-state index in [0.717, 1.165) is 38.5 Å². The van der Waals surface area contributed by atoms with Gasteiger partial charge in [0.2, 0.25) is 0 Å². The van der Waals surface area contributed by atoms with Crippen LogP contribution in [0.4, 0.5) is 0 Å². The Balaban J connectivity index is 3.61. The van der Waals surface area contributed by atoms with Gasteiger partial charge in [0.15, 0.2) is 0 Å². The molecular formula is C27H48NO7P. The van der Waals surface area contributed by atoms with Crippen molar-refractivity contribution >= 4 is 13.8 Å². The molecule has 0 saturated heterocycles. The maximum atomic E-state index is 11.7. The molecule has 0 aliphatic heterocycles. The summed E-state index contributed by atoms with van der Waals surface area (Å²) in [5.41, 5.74) is 5.17. The first-order chi connectivity index (χ1) is 17.4. The molecule has 0 radical (unpaired) electrons. The summed E-state index contributed by atoms with van der Waals surface area (Å²) in [6, 6.07) is 0. The number of aliphatic hydroxyl groups excluding tert-OH is 1. The lowest BCUT2D eigenvalue weighted by atomic mass is 10.1. The second-order valence-electron chi connectivity index (χ2n) is 8.41. The Morgan fingerprint density at radius 2 is 1.39 bits per heavy atom. The van der Waals surface area contributed by atoms with Crippen molar-refractivity contribution in [3.8, 4) is 0 Å². The van der Waals surface area contributed by atoms with Crippen LogP contribution in [-0.4, -0.2) is 48.4 Å². The molecule has 0 aromatic heterocycles. The summed E-state index contributed by atoms with van der Waals surface area (Å²) in [5.74, 6) is -0.418. The third kappa shape index (κ3) is 25.5. The molecule has 0 rings (SSSR count). The summed E-state index contributed by atoms with van der Waals surface area (Å²) in [6.45, 7) is 1.36. The first-order valence-corrected chi connectivity index (χ1v) is 14.7. The third-order valence-electron chi connectivity index (χ3n) is 4.95. The standard InChI is InChI=1S/C27H48NO7P/c1-2-3-4-5-6-7-8-9-10-11-12-13-14-15-16-17-18-19-20-21-27(30)33-24-26(29)25-35-36(31,32)34-23-22-28/h6-7,9-10,12-13,15-16,26,29H,2-5,8,11,14,17-25,28H2,1H3,(H,31,32). The topological polar surface area (TPSA) is 128 Å². The van der Waals surface area contributed by atoms with E-state index in [1.807, 2.05) is 0 Å². The van der Waals surface area contributed by atoms with Gasteiger partial charge in [-0.2, -0.15) is 0 Å². The summed E-state index contributed by atoms with van der Waals surface area (Å²) >= 11 is 0. The number of rotatable bonds is 24. The highest BCUT2D eigenvalue weighted by Crippen LogP contribution is 2.42. The molecule has 208 valence electrons. The number of hydrogen-bond acceptors (Lipinski definition) is 7. The Kier molecular flexibility index (Phi) is 24.0. The van der Waals surface area contributed by atoms with Crippen molar-refractivity contribution < 1.29 is 33.1 Å². The number of phosphoric ester groups is 1. The second kappa shape index (κ2) is 25.1. The van der Waals surface area contributed by atoms with E-state index in [1.165, 1.54) is 25.7 Å². The van der Waals surface area contributed by atoms with E-state index < -0.39 is 26.5 Å². The van der Waals surface area contributed by atoms with Gasteiger partial charge in [0, 0.05) is 13.0 Å². The molecular weight excluding hydrogens is 481 g/mol. The van der Waals surface area contributed by atoms with E-state index in [1.54, 1.807) is 0 Å². The van der Waals surface area contributed by atoms with E-state index in [9.17, 15) is 19.4 Å². The van der Waals surface area contributed by atoms with Crippen LogP contribution < -0.4 is 5.73 Å². The number of ether oxygens (including phenoxy) is 1. The first-order valence-electron chi connectivity index (χ1n) is 13.2. The summed E-state index contributed by atoms with van der Waals surface area (Å²) in [7, 11) is -4.25. The van der Waals surface area contributed by atoms with Crippen molar-refractivity contribution in [1.82, 2.24) is 0 Å². The molecule has 9 heteroatoms. The van der Waals surface area contributed by atoms with Crippen molar-refractivity contribution in [3.63, 3.8) is 0 Å². The Hall–Kier alpha value is -1.54. The van der Waals surface area contributed by atoms with Gasteiger partial charge in [0.25, 0.3) is 0 Å². The van der Waals surface area contributed by atoms with Crippen molar-refractivity contribution in [2.24, 2.45) is 5.73 Å². The van der Waals surface area contributed by atoms with Gasteiger partial charge in [-0.05, 0) is 51.4 Å². The fraction of sp³-hybridized carbons (Fsp3) is 0.667. The van der Waals surface area contributed by atoms with Crippen molar-refractivity contribution in [2.45, 2.75) is 90.1 Å². The van der Waals surface area contributed by atoms with Crippen LogP contribution >= 0.6 is 7.82 Å². The van der Waals surface area contributed by atoms with E-state index >= 15 is 0 Å². The normalized spacial score (nSPS) is 14.9. The van der Waals surface area contributed by atoms with E-state index in [2.05, 4.69) is 64.6 Å². The van der Waals surface area contributed by atoms with Gasteiger partial charge in [0.05, 0.1) is 13.2 Å². The average Bonchev–Trinajstić information content (AvgIpc) is 2.86. The molecule has 0 heterocycles. The van der Waals surface area contributed by atoms with E-state index in [0.29, 0.717) is 6.42 Å². The van der Waals surface area contributed by atoms with Crippen LogP contribution in [0.3, 0.4) is 0 Å². The summed E-state index contributed by atoms with van der Waals surface area (Å²) in [5, 5.41) is 9.69. The molecule has 0 aliphatic carbocycles. The van der Waals surface area contributed by atoms with Gasteiger partial charge in [-0.3, -0.25) is 13.8 Å². The zero-order chi connectivity index (χ0) is 26.7. The van der Waals surface area contributed by atoms with E-state index in [4.69, 9.17) is 10.5 Å². The summed E-state index contributed by atoms with van der Waals surface area (Å²) in [6.07, 6.45) is 28.2. The quantitative estimate of drug-likeness (QED) is 0.0609. The number of hydrogen-bond donors (Lipinski definition) is 3. The molecule has 4 N–H and O–H groups in total. The highest BCUT2D eigenvalue weighted by Gasteiger charge is 2.22. The van der Waals surface area contributed by atoms with Crippen LogP contribution in [0.1, 0.15) is 84.0 Å². The zero-order valence-electron chi connectivity index (χ0n) is 22.0. The monoisotopic (exact) mass is 529 g/mol. The van der Waals surface area contributed by atoms with Gasteiger partial charge in [-0.15, -0.1) is 0 Å². The van der Waals surface area contributed by atoms with Gasteiger partial charge >= 0.3 is 13.8 Å². The molecule has 0 spiro atoms. The number of nitrogens with two attached hydrogens (primary N) is 1. The number of carbonyl (C=O) groups excluding carboxylic acids is 1. The van der Waals surface area contributed by atoms with Gasteiger partial charge in [-0.1, -0.05) is 74.8 Å². The number of aliphatic hydroxyl groups is 1. The minimum atomic E-state index is -4.25. The fourth-order valence-electron chi connectivity index (χ4n) is 2.96. The van der Waals surface area contributed by atoms with E-state index in [-0.39, 0.29) is 26.2 Å². The molecule has 0 aliphatic rings. The lowest BCUT2D eigenvalue weighted by Crippen LogP contribution is -2.23. The molecule has 0 bridgehead atoms. The largest absolute Gasteiger partial charge is 0.472 e. The Morgan fingerprint density at radius 3 is 1.94 bits per heavy atom. The molecule has 0 saturated carbocycles. The van der Waals surface area contributed by atoms with Gasteiger partial charge in [-0.25, -0.2) is 4.57 Å². The molecule has 0 aromatic carbocycles. The van der Waals surface area contributed by atoms with Crippen molar-refractivity contribution in [1.29, 1.82) is 0 Å². The van der Waals surface area contributed by atoms with Crippen molar-refractivity contribution in [2.75, 3.05) is 26.4 Å². The molecule has 0 amide bonds. The number of carbonyl (C=O) groups is 1. The SMILES string of the molecule is CCCCCC=CCC=CCC=CCC=CCCCCCC(=O)OCC(O)COP(=O)(O)OCCN. The maximum Gasteiger partial charge on any atom is 0.472 e. The van der Waals surface area contributed by atoms with Crippen LogP contribution in [0.15, 0.2) is 48.6 Å². The summed E-state index contributed by atoms with van der Waals surface area (Å²) < 4.78 is 25.5. The minimum absolute atomic E-state index is 0.0671. The number of unbranched alkanes of at least 4 members (excludes halogenated alkanes) is 6. The van der Waals surface area contributed by atoms with Crippen LogP contribution in [0.2, 0.25) is 0 Å². The van der Waals surface area contributed by atoms with Crippen molar-refractivity contribution in [3.05, 3.63) is 48.6 Å². The molecule has 2 atom stereocenters. The fourth-order valence-corrected chi connectivity index (χ4v) is 3.74. The van der Waals surface area contributed by atoms with Crippen LogP contribution in [0, 0.1) is 0 Å². The predicted octanol–water partition coefficient (Wildman–Crippen LogP) is 5.91. The predicted molar refractivity (Wildman–Crippen MR) is 145 cm³/mol. The number of esters is 1. The van der Waals surface area contributed by atoms with Crippen LogP contribution in [0.5, 0.6) is 0 Å². The van der Waals surface area contributed by atoms with Gasteiger partial charge < -0.3 is 20.5 Å². The molecule has 8 nitrogen and oxygen atoms in total. The van der Waals surface area contributed by atoms with Crippen LogP contribution in [0.25, 0.3) is 0 Å². The minimum Gasteiger partial charge on any atom is -0.463 e. The maximum absolute atomic E-state index is 11.7. The Bertz CT molecular complexity index is 692. The molecule has 2 unspecified atom stereocenters. The number of allylic oxidation sites excluding steroid dienone is 8. The van der Waals surface area contributed by atoms with Crippen LogP contribution in [-0.2, 0) is 23.1 Å². The van der Waals surface area contributed by atoms with Gasteiger partial charge in [0.1, 0.15) is 12.7 Å². The highest BCUT2D eigenvalue weighted by molar-refractivity contribution is 7.47.